The molecule has 1 atom stereocenters. The van der Waals surface area contributed by atoms with Gasteiger partial charge in [-0.2, -0.15) is 0 Å². The molecule has 1 fully saturated rings. The van der Waals surface area contributed by atoms with Crippen molar-refractivity contribution in [1.82, 2.24) is 19.8 Å². The molecule has 2 amide bonds. The van der Waals surface area contributed by atoms with Gasteiger partial charge in [-0.05, 0) is 48.9 Å². The van der Waals surface area contributed by atoms with E-state index in [0.717, 1.165) is 16.1 Å². The van der Waals surface area contributed by atoms with E-state index in [2.05, 4.69) is 10.3 Å². The molecular weight excluding hydrogens is 384 g/mol. The van der Waals surface area contributed by atoms with Crippen LogP contribution in [0.1, 0.15) is 41.0 Å². The zero-order chi connectivity index (χ0) is 20.2. The average Bonchev–Trinajstić information content (AvgIpc) is 3.47. The van der Waals surface area contributed by atoms with Crippen molar-refractivity contribution in [2.75, 3.05) is 13.1 Å². The van der Waals surface area contributed by atoms with E-state index in [1.165, 1.54) is 11.3 Å². The second-order valence-electron chi connectivity index (χ2n) is 7.34. The number of hydrogen-bond donors (Lipinski definition) is 1. The topological polar surface area (TPSA) is 67.2 Å². The Morgan fingerprint density at radius 1 is 1.17 bits per heavy atom. The van der Waals surface area contributed by atoms with Crippen LogP contribution in [0.4, 0.5) is 0 Å². The fourth-order valence-corrected chi connectivity index (χ4v) is 4.35. The third kappa shape index (κ3) is 4.40. The number of imidazole rings is 1. The van der Waals surface area contributed by atoms with Gasteiger partial charge in [0, 0.05) is 37.1 Å². The first kappa shape index (κ1) is 19.4. The number of amides is 2. The highest BCUT2D eigenvalue weighted by molar-refractivity contribution is 7.12. The highest BCUT2D eigenvalue weighted by Gasteiger charge is 2.28. The number of carbonyl (C=O) groups excluding carboxylic acids is 2. The second-order valence-corrected chi connectivity index (χ2v) is 8.28. The van der Waals surface area contributed by atoms with Crippen molar-refractivity contribution in [3.63, 3.8) is 0 Å². The minimum atomic E-state index is -0.0647. The third-order valence-corrected chi connectivity index (χ3v) is 6.30. The van der Waals surface area contributed by atoms with Gasteiger partial charge in [-0.3, -0.25) is 9.59 Å². The molecule has 1 N–H and O–H groups in total. The molecule has 0 aliphatic carbocycles. The maximum Gasteiger partial charge on any atom is 0.263 e. The quantitative estimate of drug-likeness (QED) is 0.701. The summed E-state index contributed by atoms with van der Waals surface area (Å²) in [4.78, 5) is 31.8. The molecular formula is C22H24N4O2S. The zero-order valence-electron chi connectivity index (χ0n) is 16.3. The second kappa shape index (κ2) is 8.61. The summed E-state index contributed by atoms with van der Waals surface area (Å²) in [6, 6.07) is 11.8. The van der Waals surface area contributed by atoms with Crippen LogP contribution in [0.15, 0.2) is 60.5 Å². The molecule has 3 aromatic rings. The van der Waals surface area contributed by atoms with Crippen LogP contribution >= 0.6 is 11.3 Å². The molecule has 3 heterocycles. The minimum Gasteiger partial charge on any atom is -0.349 e. The number of hydrogen-bond acceptors (Lipinski definition) is 4. The van der Waals surface area contributed by atoms with Gasteiger partial charge >= 0.3 is 0 Å². The van der Waals surface area contributed by atoms with Crippen LogP contribution in [0.5, 0.6) is 0 Å². The number of likely N-dealkylation sites (tertiary alicyclic amines) is 1. The Bertz CT molecular complexity index is 943. The predicted octanol–water partition coefficient (Wildman–Crippen LogP) is 3.66. The summed E-state index contributed by atoms with van der Waals surface area (Å²) in [5.74, 6) is 0.0969. The van der Waals surface area contributed by atoms with Gasteiger partial charge in [0.05, 0.1) is 17.2 Å². The number of aromatic nitrogens is 2. The van der Waals surface area contributed by atoms with E-state index in [9.17, 15) is 9.59 Å². The Morgan fingerprint density at radius 3 is 2.55 bits per heavy atom. The van der Waals surface area contributed by atoms with Gasteiger partial charge in [0.25, 0.3) is 5.91 Å². The lowest BCUT2D eigenvalue weighted by atomic mass is 9.95. The maximum atomic E-state index is 12.7. The largest absolute Gasteiger partial charge is 0.349 e. The summed E-state index contributed by atoms with van der Waals surface area (Å²) in [6.45, 7) is 3.26. The van der Waals surface area contributed by atoms with E-state index >= 15 is 0 Å². The van der Waals surface area contributed by atoms with Crippen molar-refractivity contribution in [2.24, 2.45) is 5.92 Å². The van der Waals surface area contributed by atoms with Crippen LogP contribution in [0.3, 0.4) is 0 Å². The first-order chi connectivity index (χ1) is 14.1. The van der Waals surface area contributed by atoms with Crippen LogP contribution in [-0.2, 0) is 4.79 Å². The number of nitrogens with zero attached hydrogens (tertiary/aromatic N) is 3. The van der Waals surface area contributed by atoms with E-state index < -0.39 is 0 Å². The number of thiophene rings is 1. The molecule has 150 valence electrons. The van der Waals surface area contributed by atoms with Gasteiger partial charge in [-0.15, -0.1) is 11.3 Å². The van der Waals surface area contributed by atoms with Crippen molar-refractivity contribution >= 4 is 23.2 Å². The van der Waals surface area contributed by atoms with Gasteiger partial charge in [-0.1, -0.05) is 18.2 Å². The fourth-order valence-electron chi connectivity index (χ4n) is 3.66. The average molecular weight is 409 g/mol. The summed E-state index contributed by atoms with van der Waals surface area (Å²) in [5, 5.41) is 5.05. The lowest BCUT2D eigenvalue weighted by Gasteiger charge is -2.31. The number of nitrogens with one attached hydrogen (secondary N) is 1. The highest BCUT2D eigenvalue weighted by Crippen LogP contribution is 2.22. The normalized spacial score (nSPS) is 15.8. The molecule has 1 aliphatic rings. The molecule has 2 aromatic heterocycles. The molecule has 7 heteroatoms. The lowest BCUT2D eigenvalue weighted by molar-refractivity contribution is -0.126. The fraction of sp³-hybridized carbons (Fsp3) is 0.318. The molecule has 1 saturated heterocycles. The summed E-state index contributed by atoms with van der Waals surface area (Å²) in [5.41, 5.74) is 2.10. The summed E-state index contributed by atoms with van der Waals surface area (Å²) < 4.78 is 1.94. The van der Waals surface area contributed by atoms with Crippen molar-refractivity contribution in [3.8, 4) is 5.69 Å². The molecule has 0 bridgehead atoms. The van der Waals surface area contributed by atoms with Gasteiger partial charge in [0.1, 0.15) is 0 Å². The number of carbonyl (C=O) groups is 2. The Balaban J connectivity index is 1.30. The van der Waals surface area contributed by atoms with Crippen LogP contribution in [0.25, 0.3) is 5.69 Å². The van der Waals surface area contributed by atoms with E-state index in [0.29, 0.717) is 25.9 Å². The van der Waals surface area contributed by atoms with Crippen molar-refractivity contribution in [3.05, 3.63) is 70.9 Å². The number of piperidine rings is 1. The van der Waals surface area contributed by atoms with Crippen molar-refractivity contribution < 1.29 is 9.59 Å². The first-order valence-electron chi connectivity index (χ1n) is 9.83. The van der Waals surface area contributed by atoms with Gasteiger partial charge in [0.2, 0.25) is 5.91 Å². The summed E-state index contributed by atoms with van der Waals surface area (Å²) >= 11 is 1.46. The Hall–Kier alpha value is -2.93. The molecule has 4 rings (SSSR count). The number of benzene rings is 1. The molecule has 29 heavy (non-hydrogen) atoms. The highest BCUT2D eigenvalue weighted by atomic mass is 32.1. The van der Waals surface area contributed by atoms with E-state index in [-0.39, 0.29) is 23.8 Å². The Morgan fingerprint density at radius 2 is 1.93 bits per heavy atom. The molecule has 1 aliphatic heterocycles. The van der Waals surface area contributed by atoms with Crippen molar-refractivity contribution in [2.45, 2.75) is 25.8 Å². The Kier molecular flexibility index (Phi) is 5.76. The number of rotatable bonds is 5. The maximum absolute atomic E-state index is 12.7. The minimum absolute atomic E-state index is 0.0462. The molecule has 0 radical (unpaired) electrons. The molecule has 1 aromatic carbocycles. The standard InChI is InChI=1S/C22H24N4O2S/c1-16(17-4-6-19(7-5-17)26-13-10-23-15-26)24-21(27)18-8-11-25(12-9-18)22(28)20-3-2-14-29-20/h2-7,10,13-16,18H,8-9,11-12H2,1H3,(H,24,27)/t16-/m1/s1. The van der Waals surface area contributed by atoms with Gasteiger partial charge < -0.3 is 14.8 Å². The summed E-state index contributed by atoms with van der Waals surface area (Å²) in [6.07, 6.45) is 6.81. The van der Waals surface area contributed by atoms with Crippen molar-refractivity contribution in [1.29, 1.82) is 0 Å². The summed E-state index contributed by atoms with van der Waals surface area (Å²) in [7, 11) is 0. The van der Waals surface area contributed by atoms with Gasteiger partial charge in [-0.25, -0.2) is 4.98 Å². The van der Waals surface area contributed by atoms with E-state index in [4.69, 9.17) is 0 Å². The van der Waals surface area contributed by atoms with Crippen LogP contribution in [0.2, 0.25) is 0 Å². The van der Waals surface area contributed by atoms with E-state index in [1.807, 2.05) is 64.4 Å². The molecule has 0 unspecified atom stereocenters. The first-order valence-corrected chi connectivity index (χ1v) is 10.7. The monoisotopic (exact) mass is 408 g/mol. The SMILES string of the molecule is C[C@@H](NC(=O)C1CCN(C(=O)c2cccs2)CC1)c1ccc(-n2ccnc2)cc1. The molecule has 0 spiro atoms. The molecule has 0 saturated carbocycles. The predicted molar refractivity (Wildman–Crippen MR) is 113 cm³/mol. The van der Waals surface area contributed by atoms with Gasteiger partial charge in [0.15, 0.2) is 0 Å². The van der Waals surface area contributed by atoms with Crippen LogP contribution in [-0.4, -0.2) is 39.4 Å². The third-order valence-electron chi connectivity index (χ3n) is 5.44. The molecule has 6 nitrogen and oxygen atoms in total. The Labute approximate surface area is 174 Å². The smallest absolute Gasteiger partial charge is 0.263 e. The van der Waals surface area contributed by atoms with Crippen LogP contribution in [0, 0.1) is 5.92 Å². The van der Waals surface area contributed by atoms with Crippen LogP contribution < -0.4 is 5.32 Å². The lowest BCUT2D eigenvalue weighted by Crippen LogP contribution is -2.43. The van der Waals surface area contributed by atoms with E-state index in [1.54, 1.807) is 12.5 Å². The zero-order valence-corrected chi connectivity index (χ0v) is 17.1.